The van der Waals surface area contributed by atoms with Gasteiger partial charge >= 0.3 is 0 Å². The zero-order valence-electron chi connectivity index (χ0n) is 12.8. The summed E-state index contributed by atoms with van der Waals surface area (Å²) in [4.78, 5) is 16.0. The summed E-state index contributed by atoms with van der Waals surface area (Å²) in [5.41, 5.74) is 0.905. The van der Waals surface area contributed by atoms with Gasteiger partial charge in [0.2, 0.25) is 5.91 Å². The Bertz CT molecular complexity index is 868. The number of sulfonamides is 1. The van der Waals surface area contributed by atoms with E-state index in [1.807, 2.05) is 24.3 Å². The van der Waals surface area contributed by atoms with Crippen molar-refractivity contribution >= 4 is 27.5 Å². The monoisotopic (exact) mass is 366 g/mol. The number of ether oxygens (including phenoxy) is 1. The number of methoxy groups -OCH3 is 1. The highest BCUT2D eigenvalue weighted by Gasteiger charge is 2.46. The number of rotatable bonds is 5. The molecule has 1 aromatic heterocycles. The molecule has 1 amide bonds. The summed E-state index contributed by atoms with van der Waals surface area (Å²) in [5.74, 6) is -0.291. The summed E-state index contributed by atoms with van der Waals surface area (Å²) in [7, 11) is -2.44. The van der Waals surface area contributed by atoms with Crippen LogP contribution >= 0.6 is 11.6 Å². The van der Waals surface area contributed by atoms with Crippen molar-refractivity contribution in [3.63, 3.8) is 0 Å². The van der Waals surface area contributed by atoms with Crippen LogP contribution in [0.15, 0.2) is 47.6 Å². The van der Waals surface area contributed by atoms with E-state index in [4.69, 9.17) is 16.3 Å². The van der Waals surface area contributed by atoms with Gasteiger partial charge in [-0.2, -0.15) is 8.42 Å². The molecular formula is C16H15ClN2O4S. The zero-order chi connectivity index (χ0) is 17.3. The summed E-state index contributed by atoms with van der Waals surface area (Å²) < 4.78 is 31.7. The van der Waals surface area contributed by atoms with E-state index >= 15 is 0 Å². The first-order chi connectivity index (χ1) is 11.4. The van der Waals surface area contributed by atoms with Gasteiger partial charge in [0.05, 0.1) is 12.1 Å². The minimum absolute atomic E-state index is 0.0467. The first-order valence-electron chi connectivity index (χ1n) is 7.23. The fourth-order valence-electron chi connectivity index (χ4n) is 2.58. The highest BCUT2D eigenvalue weighted by Crippen LogP contribution is 2.50. The number of nitrogens with zero attached hydrogens (tertiary/aromatic N) is 1. The number of halogens is 1. The number of benzene rings is 1. The standard InChI is InChI=1S/C16H15ClN2O4S/c1-23-14-5-3-2-4-11(14)12-8-13(12)16(20)19-24(21,22)15-7-6-10(17)9-18-15/h2-7,9,12-13H,8H2,1H3,(H,19,20)/t12-,13+/m1/s1. The summed E-state index contributed by atoms with van der Waals surface area (Å²) in [6.45, 7) is 0. The van der Waals surface area contributed by atoms with Crippen molar-refractivity contribution in [3.8, 4) is 5.75 Å². The number of para-hydroxylation sites is 1. The van der Waals surface area contributed by atoms with E-state index in [-0.39, 0.29) is 10.9 Å². The van der Waals surface area contributed by atoms with Crippen molar-refractivity contribution in [1.29, 1.82) is 0 Å². The number of hydrogen-bond acceptors (Lipinski definition) is 5. The zero-order valence-corrected chi connectivity index (χ0v) is 14.3. The van der Waals surface area contributed by atoms with Crippen LogP contribution in [0.3, 0.4) is 0 Å². The average Bonchev–Trinajstić information content (AvgIpc) is 3.35. The first kappa shape index (κ1) is 16.7. The second kappa shape index (κ2) is 6.41. The minimum atomic E-state index is -4.00. The molecule has 2 atom stereocenters. The average molecular weight is 367 g/mol. The van der Waals surface area contributed by atoms with Crippen LogP contribution in [0.4, 0.5) is 0 Å². The van der Waals surface area contributed by atoms with Gasteiger partial charge in [0, 0.05) is 12.1 Å². The lowest BCUT2D eigenvalue weighted by molar-refractivity contribution is -0.120. The largest absolute Gasteiger partial charge is 0.496 e. The van der Waals surface area contributed by atoms with E-state index in [0.29, 0.717) is 17.2 Å². The molecule has 1 fully saturated rings. The van der Waals surface area contributed by atoms with Gasteiger partial charge in [-0.3, -0.25) is 4.79 Å². The molecule has 0 aliphatic heterocycles. The quantitative estimate of drug-likeness (QED) is 0.877. The van der Waals surface area contributed by atoms with Gasteiger partial charge in [-0.15, -0.1) is 0 Å². The van der Waals surface area contributed by atoms with Crippen molar-refractivity contribution < 1.29 is 17.9 Å². The normalized spacial score (nSPS) is 19.6. The van der Waals surface area contributed by atoms with Gasteiger partial charge in [0.25, 0.3) is 10.0 Å². The lowest BCUT2D eigenvalue weighted by Gasteiger charge is -2.08. The van der Waals surface area contributed by atoms with E-state index in [9.17, 15) is 13.2 Å². The van der Waals surface area contributed by atoms with Crippen LogP contribution in [0, 0.1) is 5.92 Å². The molecule has 6 nitrogen and oxygen atoms in total. The number of aromatic nitrogens is 1. The summed E-state index contributed by atoms with van der Waals surface area (Å²) in [5, 5.41) is 0.0773. The fraction of sp³-hybridized carbons (Fsp3) is 0.250. The molecule has 126 valence electrons. The Hall–Kier alpha value is -2.12. The number of hydrogen-bond donors (Lipinski definition) is 1. The van der Waals surface area contributed by atoms with Crippen LogP contribution in [0.25, 0.3) is 0 Å². The Labute approximate surface area is 144 Å². The van der Waals surface area contributed by atoms with Crippen LogP contribution in [0.5, 0.6) is 5.75 Å². The van der Waals surface area contributed by atoms with Gasteiger partial charge in [-0.05, 0) is 36.1 Å². The lowest BCUT2D eigenvalue weighted by atomic mass is 10.1. The van der Waals surface area contributed by atoms with E-state index in [0.717, 1.165) is 5.56 Å². The molecule has 0 saturated heterocycles. The van der Waals surface area contributed by atoms with Gasteiger partial charge in [0.15, 0.2) is 5.03 Å². The molecule has 3 rings (SSSR count). The Morgan fingerprint density at radius 2 is 2.04 bits per heavy atom. The molecule has 1 N–H and O–H groups in total. The van der Waals surface area contributed by atoms with Crippen LogP contribution in [0.1, 0.15) is 17.9 Å². The van der Waals surface area contributed by atoms with Gasteiger partial charge < -0.3 is 4.74 Å². The minimum Gasteiger partial charge on any atom is -0.496 e. The molecular weight excluding hydrogens is 352 g/mol. The Morgan fingerprint density at radius 1 is 1.29 bits per heavy atom. The number of carbonyl (C=O) groups is 1. The second-order valence-corrected chi connectivity index (χ2v) is 7.54. The molecule has 1 aliphatic carbocycles. The summed E-state index contributed by atoms with van der Waals surface area (Å²) in [6, 6.07) is 10.1. The topological polar surface area (TPSA) is 85.4 Å². The maximum Gasteiger partial charge on any atom is 0.281 e. The highest BCUT2D eigenvalue weighted by molar-refractivity contribution is 7.90. The Kier molecular flexibility index (Phi) is 4.47. The van der Waals surface area contributed by atoms with Crippen LogP contribution < -0.4 is 9.46 Å². The number of carbonyl (C=O) groups excluding carboxylic acids is 1. The summed E-state index contributed by atoms with van der Waals surface area (Å²) in [6.07, 6.45) is 1.80. The van der Waals surface area contributed by atoms with E-state index in [2.05, 4.69) is 9.71 Å². The third kappa shape index (κ3) is 3.37. The molecule has 0 spiro atoms. The van der Waals surface area contributed by atoms with Crippen molar-refractivity contribution in [2.45, 2.75) is 17.4 Å². The Morgan fingerprint density at radius 3 is 2.71 bits per heavy atom. The van der Waals surface area contributed by atoms with Crippen molar-refractivity contribution in [1.82, 2.24) is 9.71 Å². The highest BCUT2D eigenvalue weighted by atomic mass is 35.5. The lowest BCUT2D eigenvalue weighted by Crippen LogP contribution is -2.32. The van der Waals surface area contributed by atoms with Gasteiger partial charge in [0.1, 0.15) is 5.75 Å². The maximum atomic E-state index is 12.3. The smallest absolute Gasteiger partial charge is 0.281 e. The first-order valence-corrected chi connectivity index (χ1v) is 9.09. The molecule has 0 bridgehead atoms. The second-order valence-electron chi connectivity index (χ2n) is 5.48. The maximum absolute atomic E-state index is 12.3. The molecule has 2 aromatic rings. The molecule has 24 heavy (non-hydrogen) atoms. The van der Waals surface area contributed by atoms with Crippen molar-refractivity contribution in [3.05, 3.63) is 53.2 Å². The van der Waals surface area contributed by atoms with Crippen LogP contribution in [-0.2, 0) is 14.8 Å². The molecule has 0 radical (unpaired) electrons. The van der Waals surface area contributed by atoms with Crippen LogP contribution in [-0.4, -0.2) is 26.4 Å². The predicted molar refractivity (Wildman–Crippen MR) is 88.4 cm³/mol. The van der Waals surface area contributed by atoms with E-state index < -0.39 is 21.8 Å². The molecule has 1 heterocycles. The van der Waals surface area contributed by atoms with E-state index in [1.165, 1.54) is 18.3 Å². The predicted octanol–water partition coefficient (Wildman–Crippen LogP) is 2.35. The van der Waals surface area contributed by atoms with Gasteiger partial charge in [-0.25, -0.2) is 9.71 Å². The number of pyridine rings is 1. The molecule has 1 aliphatic rings. The molecule has 0 unspecified atom stereocenters. The van der Waals surface area contributed by atoms with Crippen molar-refractivity contribution in [2.24, 2.45) is 5.92 Å². The van der Waals surface area contributed by atoms with Gasteiger partial charge in [-0.1, -0.05) is 29.8 Å². The van der Waals surface area contributed by atoms with Crippen LogP contribution in [0.2, 0.25) is 5.02 Å². The number of amides is 1. The third-order valence-electron chi connectivity index (χ3n) is 3.88. The SMILES string of the molecule is COc1ccccc1[C@H]1C[C@@H]1C(=O)NS(=O)(=O)c1ccc(Cl)cn1. The molecule has 8 heteroatoms. The fourth-order valence-corrected chi connectivity index (χ4v) is 3.65. The molecule has 1 aromatic carbocycles. The third-order valence-corrected chi connectivity index (χ3v) is 5.36. The number of nitrogens with one attached hydrogen (secondary N) is 1. The summed E-state index contributed by atoms with van der Waals surface area (Å²) >= 11 is 5.69. The Balaban J connectivity index is 1.71. The molecule has 1 saturated carbocycles. The van der Waals surface area contributed by atoms with E-state index in [1.54, 1.807) is 7.11 Å². The van der Waals surface area contributed by atoms with Crippen molar-refractivity contribution in [2.75, 3.05) is 7.11 Å².